The molecule has 5 nitrogen and oxygen atoms in total. The Balaban J connectivity index is 1.82. The maximum absolute atomic E-state index is 4.75. The fourth-order valence-electron chi connectivity index (χ4n) is 2.24. The lowest BCUT2D eigenvalue weighted by atomic mass is 9.92. The summed E-state index contributed by atoms with van der Waals surface area (Å²) in [6, 6.07) is 6.24. The van der Waals surface area contributed by atoms with Crippen molar-refractivity contribution in [2.24, 2.45) is 4.99 Å². The molecule has 2 rings (SSSR count). The first-order valence-electron chi connectivity index (χ1n) is 8.15. The van der Waals surface area contributed by atoms with Crippen LogP contribution in [0.15, 0.2) is 41.0 Å². The van der Waals surface area contributed by atoms with E-state index < -0.39 is 0 Å². The fourth-order valence-corrected chi connectivity index (χ4v) is 3.09. The van der Waals surface area contributed by atoms with Gasteiger partial charge in [0.05, 0.1) is 6.54 Å². The van der Waals surface area contributed by atoms with Crippen molar-refractivity contribution in [3.8, 4) is 0 Å². The van der Waals surface area contributed by atoms with Crippen molar-refractivity contribution >= 4 is 17.3 Å². The number of aromatic nitrogens is 2. The van der Waals surface area contributed by atoms with Crippen LogP contribution in [-0.2, 0) is 12.0 Å². The van der Waals surface area contributed by atoms with Gasteiger partial charge in [-0.25, -0.2) is 0 Å². The molecule has 0 saturated carbocycles. The Morgan fingerprint density at radius 2 is 2.22 bits per heavy atom. The molecular formula is C17H27N5S. The summed E-state index contributed by atoms with van der Waals surface area (Å²) in [5.41, 5.74) is 0.0611. The lowest BCUT2D eigenvalue weighted by molar-refractivity contribution is 0.545. The van der Waals surface area contributed by atoms with Gasteiger partial charge in [0, 0.05) is 42.3 Å². The molecule has 0 unspecified atom stereocenters. The average molecular weight is 334 g/mol. The number of aliphatic imine (C=N–C) groups is 1. The molecule has 23 heavy (non-hydrogen) atoms. The number of hydrogen-bond donors (Lipinski definition) is 2. The number of hydrogen-bond acceptors (Lipinski definition) is 3. The first kappa shape index (κ1) is 17.5. The molecule has 0 amide bonds. The van der Waals surface area contributed by atoms with Crippen LogP contribution in [0, 0.1) is 0 Å². The van der Waals surface area contributed by atoms with Crippen molar-refractivity contribution in [2.75, 3.05) is 19.6 Å². The Hall–Kier alpha value is -1.82. The van der Waals surface area contributed by atoms with Gasteiger partial charge >= 0.3 is 0 Å². The zero-order valence-corrected chi connectivity index (χ0v) is 15.1. The lowest BCUT2D eigenvalue weighted by Gasteiger charge is -2.21. The fraction of sp³-hybridized carbons (Fsp3) is 0.529. The van der Waals surface area contributed by atoms with Crippen molar-refractivity contribution in [3.05, 3.63) is 40.8 Å². The quantitative estimate of drug-likeness (QED) is 0.444. The van der Waals surface area contributed by atoms with Gasteiger partial charge in [-0.15, -0.1) is 11.3 Å². The van der Waals surface area contributed by atoms with Gasteiger partial charge in [-0.1, -0.05) is 19.9 Å². The van der Waals surface area contributed by atoms with Crippen LogP contribution >= 0.6 is 11.3 Å². The van der Waals surface area contributed by atoms with Crippen LogP contribution in [0.5, 0.6) is 0 Å². The second-order valence-corrected chi connectivity index (χ2v) is 7.05. The number of nitrogens with zero attached hydrogens (tertiary/aromatic N) is 3. The topological polar surface area (TPSA) is 54.2 Å². The summed E-state index contributed by atoms with van der Waals surface area (Å²) >= 11 is 1.80. The van der Waals surface area contributed by atoms with E-state index in [0.29, 0.717) is 0 Å². The predicted octanol–water partition coefficient (Wildman–Crippen LogP) is 2.87. The van der Waals surface area contributed by atoms with Crippen molar-refractivity contribution in [3.63, 3.8) is 0 Å². The van der Waals surface area contributed by atoms with Crippen LogP contribution in [0.4, 0.5) is 0 Å². The van der Waals surface area contributed by atoms with E-state index in [2.05, 4.69) is 54.0 Å². The largest absolute Gasteiger partial charge is 0.357 e. The van der Waals surface area contributed by atoms with Crippen molar-refractivity contribution in [1.29, 1.82) is 0 Å². The first-order chi connectivity index (χ1) is 11.1. The van der Waals surface area contributed by atoms with E-state index in [-0.39, 0.29) is 5.41 Å². The summed E-state index contributed by atoms with van der Waals surface area (Å²) in [6.45, 7) is 10.00. The minimum absolute atomic E-state index is 0.0611. The molecule has 2 aromatic heterocycles. The molecule has 0 radical (unpaired) electrons. The summed E-state index contributed by atoms with van der Waals surface area (Å²) < 4.78 is 1.95. The minimum Gasteiger partial charge on any atom is -0.357 e. The first-order valence-corrected chi connectivity index (χ1v) is 9.03. The monoisotopic (exact) mass is 333 g/mol. The van der Waals surface area contributed by atoms with Crippen LogP contribution < -0.4 is 10.6 Å². The number of thiophene rings is 1. The highest BCUT2D eigenvalue weighted by Gasteiger charge is 2.21. The molecule has 0 spiro atoms. The SMILES string of the molecule is CCNC(=NCC(C)(C)c1cccs1)NCCCn1cccn1. The standard InChI is InChI=1S/C17H27N5S/c1-4-18-16(19-9-6-11-22-12-7-10-21-22)20-14-17(2,3)15-8-5-13-23-15/h5,7-8,10,12-13H,4,6,9,11,14H2,1-3H3,(H2,18,19,20). The van der Waals surface area contributed by atoms with E-state index in [9.17, 15) is 0 Å². The van der Waals surface area contributed by atoms with E-state index in [0.717, 1.165) is 38.6 Å². The minimum atomic E-state index is 0.0611. The van der Waals surface area contributed by atoms with Crippen molar-refractivity contribution < 1.29 is 0 Å². The third-order valence-electron chi connectivity index (χ3n) is 3.58. The van der Waals surface area contributed by atoms with E-state index in [1.807, 2.05) is 23.1 Å². The Morgan fingerprint density at radius 3 is 2.87 bits per heavy atom. The van der Waals surface area contributed by atoms with Gasteiger partial charge in [-0.3, -0.25) is 9.67 Å². The van der Waals surface area contributed by atoms with Gasteiger partial charge in [0.2, 0.25) is 0 Å². The number of rotatable bonds is 8. The molecule has 0 bridgehead atoms. The zero-order valence-electron chi connectivity index (χ0n) is 14.2. The summed E-state index contributed by atoms with van der Waals surface area (Å²) in [5.74, 6) is 0.887. The van der Waals surface area contributed by atoms with Gasteiger partial charge in [0.25, 0.3) is 0 Å². The third kappa shape index (κ3) is 5.71. The van der Waals surface area contributed by atoms with Gasteiger partial charge in [0.1, 0.15) is 0 Å². The Labute approximate surface area is 142 Å². The number of nitrogens with one attached hydrogen (secondary N) is 2. The smallest absolute Gasteiger partial charge is 0.191 e. The highest BCUT2D eigenvalue weighted by molar-refractivity contribution is 7.10. The van der Waals surface area contributed by atoms with E-state index in [1.165, 1.54) is 4.88 Å². The maximum Gasteiger partial charge on any atom is 0.191 e. The zero-order chi connectivity index (χ0) is 16.5. The molecule has 0 aliphatic rings. The Morgan fingerprint density at radius 1 is 1.35 bits per heavy atom. The molecule has 0 atom stereocenters. The van der Waals surface area contributed by atoms with E-state index >= 15 is 0 Å². The molecule has 0 aliphatic carbocycles. The molecule has 2 heterocycles. The highest BCUT2D eigenvalue weighted by Crippen LogP contribution is 2.27. The van der Waals surface area contributed by atoms with Gasteiger partial charge in [0.15, 0.2) is 5.96 Å². The van der Waals surface area contributed by atoms with Crippen molar-refractivity contribution in [2.45, 2.75) is 39.2 Å². The van der Waals surface area contributed by atoms with Crippen LogP contribution in [-0.4, -0.2) is 35.4 Å². The molecule has 2 aromatic rings. The van der Waals surface area contributed by atoms with Crippen LogP contribution in [0.2, 0.25) is 0 Å². The molecule has 6 heteroatoms. The molecular weight excluding hydrogens is 306 g/mol. The van der Waals surface area contributed by atoms with Crippen LogP contribution in [0.3, 0.4) is 0 Å². The third-order valence-corrected chi connectivity index (χ3v) is 4.82. The summed E-state index contributed by atoms with van der Waals surface area (Å²) in [5, 5.41) is 13.1. The lowest BCUT2D eigenvalue weighted by Crippen LogP contribution is -2.39. The van der Waals surface area contributed by atoms with Crippen LogP contribution in [0.1, 0.15) is 32.1 Å². The maximum atomic E-state index is 4.75. The molecule has 0 fully saturated rings. The number of aryl methyl sites for hydroxylation is 1. The molecule has 0 aromatic carbocycles. The molecule has 0 saturated heterocycles. The van der Waals surface area contributed by atoms with Gasteiger partial charge < -0.3 is 10.6 Å². The second kappa shape index (κ2) is 8.72. The normalized spacial score (nSPS) is 12.4. The van der Waals surface area contributed by atoms with Crippen LogP contribution in [0.25, 0.3) is 0 Å². The number of guanidine groups is 1. The Kier molecular flexibility index (Phi) is 6.65. The summed E-state index contributed by atoms with van der Waals surface area (Å²) in [6.07, 6.45) is 4.81. The second-order valence-electron chi connectivity index (χ2n) is 6.11. The van der Waals surface area contributed by atoms with E-state index in [4.69, 9.17) is 4.99 Å². The predicted molar refractivity (Wildman–Crippen MR) is 98.2 cm³/mol. The molecule has 126 valence electrons. The van der Waals surface area contributed by atoms with Gasteiger partial charge in [-0.2, -0.15) is 5.10 Å². The summed E-state index contributed by atoms with van der Waals surface area (Å²) in [7, 11) is 0. The average Bonchev–Trinajstić information content (AvgIpc) is 3.22. The molecule has 0 aliphatic heterocycles. The Bertz CT molecular complexity index is 572. The highest BCUT2D eigenvalue weighted by atomic mass is 32.1. The summed E-state index contributed by atoms with van der Waals surface area (Å²) in [4.78, 5) is 6.13. The molecule has 2 N–H and O–H groups in total. The van der Waals surface area contributed by atoms with E-state index in [1.54, 1.807) is 11.3 Å². The van der Waals surface area contributed by atoms with Crippen molar-refractivity contribution in [1.82, 2.24) is 20.4 Å². The van der Waals surface area contributed by atoms with Gasteiger partial charge in [-0.05, 0) is 30.9 Å².